The number of hydrogen-bond acceptors (Lipinski definition) is 2. The molecule has 0 aliphatic carbocycles. The van der Waals surface area contributed by atoms with Crippen LogP contribution in [0.3, 0.4) is 0 Å². The Labute approximate surface area is 126 Å². The molecule has 0 radical (unpaired) electrons. The molecule has 1 aromatic heterocycles. The Morgan fingerprint density at radius 3 is 2.67 bits per heavy atom. The molecular formula is C17H26FN3. The average Bonchev–Trinajstić information content (AvgIpc) is 2.74. The molecule has 1 atom stereocenters. The summed E-state index contributed by atoms with van der Waals surface area (Å²) in [6.45, 7) is 9.52. The first kappa shape index (κ1) is 16.0. The summed E-state index contributed by atoms with van der Waals surface area (Å²) in [4.78, 5) is 4.61. The average molecular weight is 291 g/mol. The van der Waals surface area contributed by atoms with E-state index in [9.17, 15) is 4.39 Å². The molecule has 116 valence electrons. The van der Waals surface area contributed by atoms with Gasteiger partial charge in [-0.05, 0) is 39.3 Å². The number of imidazole rings is 1. The highest BCUT2D eigenvalue weighted by Crippen LogP contribution is 2.18. The van der Waals surface area contributed by atoms with Gasteiger partial charge in [0.15, 0.2) is 0 Å². The van der Waals surface area contributed by atoms with Crippen molar-refractivity contribution in [1.82, 2.24) is 14.9 Å². The maximum absolute atomic E-state index is 14.3. The van der Waals surface area contributed by atoms with Crippen LogP contribution >= 0.6 is 0 Å². The number of benzene rings is 1. The van der Waals surface area contributed by atoms with Crippen LogP contribution in [0.4, 0.5) is 4.39 Å². The maximum atomic E-state index is 14.3. The van der Waals surface area contributed by atoms with Gasteiger partial charge in [0.1, 0.15) is 12.0 Å². The summed E-state index contributed by atoms with van der Waals surface area (Å²) in [6.07, 6.45) is 0.458. The van der Waals surface area contributed by atoms with Crippen LogP contribution in [-0.2, 0) is 13.0 Å². The van der Waals surface area contributed by atoms with Gasteiger partial charge in [0.25, 0.3) is 0 Å². The maximum Gasteiger partial charge on any atom is 0.120 e. The first-order valence-corrected chi connectivity index (χ1v) is 7.74. The molecule has 1 N–H and O–H groups in total. The van der Waals surface area contributed by atoms with E-state index in [0.717, 1.165) is 29.8 Å². The molecule has 0 aliphatic rings. The molecule has 0 saturated carbocycles. The Balaban J connectivity index is 2.15. The topological polar surface area (TPSA) is 29.9 Å². The molecule has 0 bridgehead atoms. The molecule has 4 heteroatoms. The number of halogens is 1. The van der Waals surface area contributed by atoms with Gasteiger partial charge in [-0.25, -0.2) is 9.37 Å². The molecule has 1 heterocycles. The predicted molar refractivity (Wildman–Crippen MR) is 86.4 cm³/mol. The van der Waals surface area contributed by atoms with Crippen LogP contribution in [0.5, 0.6) is 0 Å². The van der Waals surface area contributed by atoms with Crippen molar-refractivity contribution >= 4 is 11.0 Å². The summed E-state index contributed by atoms with van der Waals surface area (Å²) in [6, 6.07) is 8.03. The lowest BCUT2D eigenvalue weighted by Gasteiger charge is -2.22. The number of hydrogen-bond donors (Lipinski definition) is 1. The molecule has 1 unspecified atom stereocenters. The second-order valence-corrected chi connectivity index (χ2v) is 6.60. The highest BCUT2D eigenvalue weighted by atomic mass is 19.1. The largest absolute Gasteiger partial charge is 0.328 e. The number of aryl methyl sites for hydroxylation is 1. The zero-order valence-electron chi connectivity index (χ0n) is 13.5. The van der Waals surface area contributed by atoms with E-state index in [1.54, 1.807) is 0 Å². The van der Waals surface area contributed by atoms with Gasteiger partial charge in [-0.2, -0.15) is 0 Å². The van der Waals surface area contributed by atoms with Gasteiger partial charge in [-0.1, -0.05) is 19.1 Å². The number of para-hydroxylation sites is 2. The smallest absolute Gasteiger partial charge is 0.120 e. The summed E-state index contributed by atoms with van der Waals surface area (Å²) in [7, 11) is 0. The summed E-state index contributed by atoms with van der Waals surface area (Å²) in [5.41, 5.74) is 2.00. The van der Waals surface area contributed by atoms with Gasteiger partial charge in [0.2, 0.25) is 0 Å². The van der Waals surface area contributed by atoms with E-state index in [1.165, 1.54) is 0 Å². The zero-order chi connectivity index (χ0) is 15.5. The van der Waals surface area contributed by atoms with Crippen molar-refractivity contribution < 1.29 is 4.39 Å². The third-order valence-corrected chi connectivity index (χ3v) is 3.44. The first-order chi connectivity index (χ1) is 9.90. The van der Waals surface area contributed by atoms with Gasteiger partial charge in [-0.15, -0.1) is 0 Å². The number of nitrogens with one attached hydrogen (secondary N) is 1. The van der Waals surface area contributed by atoms with Crippen LogP contribution in [0, 0.1) is 0 Å². The lowest BCUT2D eigenvalue weighted by Crippen LogP contribution is -2.40. The predicted octanol–water partition coefficient (Wildman–Crippen LogP) is 3.72. The van der Waals surface area contributed by atoms with E-state index in [0.29, 0.717) is 13.0 Å². The number of aromatic nitrogens is 2. The van der Waals surface area contributed by atoms with Crippen molar-refractivity contribution in [2.75, 3.05) is 6.54 Å². The molecule has 2 aromatic rings. The molecule has 1 aromatic carbocycles. The minimum atomic E-state index is -0.920. The zero-order valence-corrected chi connectivity index (χ0v) is 13.5. The Hall–Kier alpha value is -1.42. The number of alkyl halides is 1. The molecule has 0 fully saturated rings. The van der Waals surface area contributed by atoms with Crippen molar-refractivity contribution in [3.63, 3.8) is 0 Å². The van der Waals surface area contributed by atoms with Crippen LogP contribution in [0.15, 0.2) is 24.3 Å². The van der Waals surface area contributed by atoms with Crippen molar-refractivity contribution in [1.29, 1.82) is 0 Å². The third-order valence-electron chi connectivity index (χ3n) is 3.44. The summed E-state index contributed by atoms with van der Waals surface area (Å²) >= 11 is 0. The van der Waals surface area contributed by atoms with Crippen LogP contribution in [0.2, 0.25) is 0 Å². The summed E-state index contributed by atoms with van der Waals surface area (Å²) < 4.78 is 16.4. The van der Waals surface area contributed by atoms with Crippen LogP contribution in [0.1, 0.15) is 39.9 Å². The summed E-state index contributed by atoms with van der Waals surface area (Å²) in [5.74, 6) is 0.848. The lowest BCUT2D eigenvalue weighted by atomic mass is 10.1. The standard InChI is InChI=1S/C17H26FN3/c1-5-10-21-15-9-7-6-8-14(15)20-16(21)11-13(18)12-19-17(2,3)4/h6-9,13,19H,5,10-12H2,1-4H3. The SMILES string of the molecule is CCCn1c(CC(F)CNC(C)(C)C)nc2ccccc21. The van der Waals surface area contributed by atoms with Crippen molar-refractivity contribution in [2.24, 2.45) is 0 Å². The normalized spacial score (nSPS) is 13.8. The third kappa shape index (κ3) is 4.27. The van der Waals surface area contributed by atoms with Gasteiger partial charge in [-0.3, -0.25) is 0 Å². The minimum Gasteiger partial charge on any atom is -0.328 e. The Morgan fingerprint density at radius 1 is 1.29 bits per heavy atom. The van der Waals surface area contributed by atoms with Crippen LogP contribution in [-0.4, -0.2) is 27.8 Å². The molecular weight excluding hydrogens is 265 g/mol. The van der Waals surface area contributed by atoms with Crippen molar-refractivity contribution in [3.8, 4) is 0 Å². The van der Waals surface area contributed by atoms with Crippen molar-refractivity contribution in [2.45, 2.75) is 58.8 Å². The molecule has 0 saturated heterocycles. The Kier molecular flexibility index (Phi) is 4.99. The van der Waals surface area contributed by atoms with E-state index in [2.05, 4.69) is 27.9 Å². The highest BCUT2D eigenvalue weighted by Gasteiger charge is 2.17. The fourth-order valence-corrected chi connectivity index (χ4v) is 2.44. The second-order valence-electron chi connectivity index (χ2n) is 6.60. The summed E-state index contributed by atoms with van der Waals surface area (Å²) in [5, 5.41) is 3.22. The van der Waals surface area contributed by atoms with Crippen LogP contribution in [0.25, 0.3) is 11.0 Å². The van der Waals surface area contributed by atoms with E-state index >= 15 is 0 Å². The van der Waals surface area contributed by atoms with Crippen LogP contribution < -0.4 is 5.32 Å². The van der Waals surface area contributed by atoms with E-state index in [-0.39, 0.29) is 5.54 Å². The number of fused-ring (bicyclic) bond motifs is 1. The monoisotopic (exact) mass is 291 g/mol. The van der Waals surface area contributed by atoms with Gasteiger partial charge < -0.3 is 9.88 Å². The van der Waals surface area contributed by atoms with Gasteiger partial charge in [0.05, 0.1) is 11.0 Å². The fraction of sp³-hybridized carbons (Fsp3) is 0.588. The Bertz CT molecular complexity index is 583. The fourth-order valence-electron chi connectivity index (χ4n) is 2.44. The molecule has 21 heavy (non-hydrogen) atoms. The molecule has 0 aliphatic heterocycles. The van der Waals surface area contributed by atoms with E-state index in [4.69, 9.17) is 0 Å². The quantitative estimate of drug-likeness (QED) is 0.879. The first-order valence-electron chi connectivity index (χ1n) is 7.74. The van der Waals surface area contributed by atoms with Crippen molar-refractivity contribution in [3.05, 3.63) is 30.1 Å². The minimum absolute atomic E-state index is 0.0616. The second kappa shape index (κ2) is 6.56. The van der Waals surface area contributed by atoms with E-state index in [1.807, 2.05) is 39.0 Å². The molecule has 0 spiro atoms. The molecule has 3 nitrogen and oxygen atoms in total. The number of nitrogens with zero attached hydrogens (tertiary/aromatic N) is 2. The molecule has 0 amide bonds. The number of rotatable bonds is 6. The Morgan fingerprint density at radius 2 is 2.00 bits per heavy atom. The highest BCUT2D eigenvalue weighted by molar-refractivity contribution is 5.75. The lowest BCUT2D eigenvalue weighted by molar-refractivity contribution is 0.279. The van der Waals surface area contributed by atoms with Gasteiger partial charge >= 0.3 is 0 Å². The van der Waals surface area contributed by atoms with Gasteiger partial charge in [0, 0.05) is 25.0 Å². The molecule has 2 rings (SSSR count). The van der Waals surface area contributed by atoms with E-state index < -0.39 is 6.17 Å².